The molecule has 2 rings (SSSR count). The molecule has 80 valence electrons. The summed E-state index contributed by atoms with van der Waals surface area (Å²) >= 11 is 3.38. The van der Waals surface area contributed by atoms with Crippen LogP contribution in [0.4, 0.5) is 5.69 Å². The molecule has 15 heavy (non-hydrogen) atoms. The van der Waals surface area contributed by atoms with E-state index in [0.717, 1.165) is 10.2 Å². The Balaban J connectivity index is 2.45. The van der Waals surface area contributed by atoms with Crippen molar-refractivity contribution in [3.8, 4) is 5.75 Å². The van der Waals surface area contributed by atoms with Gasteiger partial charge in [-0.25, -0.2) is 0 Å². The predicted molar refractivity (Wildman–Crippen MR) is 62.1 cm³/mol. The minimum Gasteiger partial charge on any atom is -0.485 e. The lowest BCUT2D eigenvalue weighted by Gasteiger charge is -2.23. The number of fused-ring (bicyclic) bond motifs is 1. The summed E-state index contributed by atoms with van der Waals surface area (Å²) in [6.07, 6.45) is 0.360. The van der Waals surface area contributed by atoms with Gasteiger partial charge in [-0.1, -0.05) is 15.9 Å². The first-order valence-corrected chi connectivity index (χ1v) is 5.54. The molecule has 1 aliphatic rings. The van der Waals surface area contributed by atoms with Crippen molar-refractivity contribution in [1.29, 1.82) is 0 Å². The Morgan fingerprint density at radius 2 is 2.20 bits per heavy atom. The number of rotatable bonds is 0. The molecule has 1 heterocycles. The van der Waals surface area contributed by atoms with Crippen LogP contribution in [0.25, 0.3) is 0 Å². The lowest BCUT2D eigenvalue weighted by Crippen LogP contribution is -2.30. The largest absolute Gasteiger partial charge is 0.485 e. The molecular weight excluding hydrogens is 258 g/mol. The van der Waals surface area contributed by atoms with E-state index in [1.165, 1.54) is 0 Å². The van der Waals surface area contributed by atoms with Crippen LogP contribution in [0.1, 0.15) is 20.3 Å². The van der Waals surface area contributed by atoms with Crippen LogP contribution in [0.5, 0.6) is 5.75 Å². The Morgan fingerprint density at radius 3 is 2.93 bits per heavy atom. The standard InChI is InChI=1S/C11H12BrNO2/c1-11(2)6-10(14)13-8-4-3-7(12)5-9(8)15-11/h3-5H,6H2,1-2H3,(H,13,14). The highest BCUT2D eigenvalue weighted by molar-refractivity contribution is 9.10. The summed E-state index contributed by atoms with van der Waals surface area (Å²) < 4.78 is 6.72. The van der Waals surface area contributed by atoms with Gasteiger partial charge in [0.15, 0.2) is 0 Å². The molecule has 0 bridgehead atoms. The molecular formula is C11H12BrNO2. The van der Waals surface area contributed by atoms with Crippen molar-refractivity contribution in [2.75, 3.05) is 5.32 Å². The normalized spacial score (nSPS) is 18.5. The smallest absolute Gasteiger partial charge is 0.228 e. The van der Waals surface area contributed by atoms with Crippen LogP contribution in [-0.4, -0.2) is 11.5 Å². The van der Waals surface area contributed by atoms with Crippen LogP contribution in [0.15, 0.2) is 22.7 Å². The SMILES string of the molecule is CC1(C)CC(=O)Nc2ccc(Br)cc2O1. The molecule has 3 nitrogen and oxygen atoms in total. The molecule has 0 saturated carbocycles. The minimum atomic E-state index is -0.462. The van der Waals surface area contributed by atoms with Crippen LogP contribution >= 0.6 is 15.9 Å². The third-order valence-electron chi connectivity index (χ3n) is 2.19. The second-order valence-corrected chi connectivity index (χ2v) is 5.14. The fourth-order valence-electron chi connectivity index (χ4n) is 1.60. The minimum absolute atomic E-state index is 0.0129. The number of hydrogen-bond acceptors (Lipinski definition) is 2. The summed E-state index contributed by atoms with van der Waals surface area (Å²) in [5.74, 6) is 0.696. The van der Waals surface area contributed by atoms with E-state index < -0.39 is 5.60 Å². The van der Waals surface area contributed by atoms with Crippen LogP contribution in [0.2, 0.25) is 0 Å². The summed E-state index contributed by atoms with van der Waals surface area (Å²) in [5, 5.41) is 2.82. The summed E-state index contributed by atoms with van der Waals surface area (Å²) in [6, 6.07) is 5.57. The first kappa shape index (κ1) is 10.5. The average Bonchev–Trinajstić information content (AvgIpc) is 2.17. The van der Waals surface area contributed by atoms with Gasteiger partial charge in [-0.3, -0.25) is 4.79 Å². The molecule has 1 aromatic rings. The molecule has 0 atom stereocenters. The number of carbonyl (C=O) groups excluding carboxylic acids is 1. The number of halogens is 1. The van der Waals surface area contributed by atoms with E-state index in [1.807, 2.05) is 32.0 Å². The van der Waals surface area contributed by atoms with E-state index in [4.69, 9.17) is 4.74 Å². The lowest BCUT2D eigenvalue weighted by atomic mass is 10.1. The first-order chi connectivity index (χ1) is 6.96. The number of carbonyl (C=O) groups is 1. The monoisotopic (exact) mass is 269 g/mol. The maximum atomic E-state index is 11.5. The van der Waals surface area contributed by atoms with Crippen molar-refractivity contribution in [2.24, 2.45) is 0 Å². The molecule has 0 aromatic heterocycles. The van der Waals surface area contributed by atoms with Crippen molar-refractivity contribution in [1.82, 2.24) is 0 Å². The molecule has 4 heteroatoms. The highest BCUT2D eigenvalue weighted by Gasteiger charge is 2.28. The fraction of sp³-hybridized carbons (Fsp3) is 0.364. The number of amides is 1. The van der Waals surface area contributed by atoms with Crippen LogP contribution in [0.3, 0.4) is 0 Å². The van der Waals surface area contributed by atoms with Crippen LogP contribution < -0.4 is 10.1 Å². The molecule has 0 radical (unpaired) electrons. The van der Waals surface area contributed by atoms with Gasteiger partial charge < -0.3 is 10.1 Å². The number of ether oxygens (including phenoxy) is 1. The van der Waals surface area contributed by atoms with Crippen LogP contribution in [0, 0.1) is 0 Å². The summed E-state index contributed by atoms with van der Waals surface area (Å²) in [6.45, 7) is 3.81. The molecule has 0 saturated heterocycles. The average molecular weight is 270 g/mol. The van der Waals surface area contributed by atoms with E-state index in [0.29, 0.717) is 12.2 Å². The van der Waals surface area contributed by atoms with Gasteiger partial charge in [-0.15, -0.1) is 0 Å². The van der Waals surface area contributed by atoms with Gasteiger partial charge in [-0.05, 0) is 32.0 Å². The quantitative estimate of drug-likeness (QED) is 0.787. The summed E-state index contributed by atoms with van der Waals surface area (Å²) in [4.78, 5) is 11.5. The van der Waals surface area contributed by atoms with Gasteiger partial charge in [0, 0.05) is 4.47 Å². The van der Waals surface area contributed by atoms with Gasteiger partial charge in [-0.2, -0.15) is 0 Å². The van der Waals surface area contributed by atoms with Crippen molar-refractivity contribution < 1.29 is 9.53 Å². The molecule has 1 N–H and O–H groups in total. The third-order valence-corrected chi connectivity index (χ3v) is 2.68. The molecule has 0 spiro atoms. The van der Waals surface area contributed by atoms with E-state index >= 15 is 0 Å². The molecule has 1 amide bonds. The topological polar surface area (TPSA) is 38.3 Å². The second kappa shape index (κ2) is 3.52. The van der Waals surface area contributed by atoms with Crippen molar-refractivity contribution in [3.05, 3.63) is 22.7 Å². The van der Waals surface area contributed by atoms with Gasteiger partial charge >= 0.3 is 0 Å². The first-order valence-electron chi connectivity index (χ1n) is 4.75. The lowest BCUT2D eigenvalue weighted by molar-refractivity contribution is -0.118. The Hall–Kier alpha value is -1.03. The number of anilines is 1. The molecule has 1 aromatic carbocycles. The van der Waals surface area contributed by atoms with E-state index in [2.05, 4.69) is 21.2 Å². The highest BCUT2D eigenvalue weighted by atomic mass is 79.9. The molecule has 0 fully saturated rings. The highest BCUT2D eigenvalue weighted by Crippen LogP contribution is 2.34. The summed E-state index contributed by atoms with van der Waals surface area (Å²) in [5.41, 5.74) is 0.268. The zero-order valence-electron chi connectivity index (χ0n) is 8.63. The summed E-state index contributed by atoms with van der Waals surface area (Å²) in [7, 11) is 0. The van der Waals surface area contributed by atoms with Gasteiger partial charge in [0.2, 0.25) is 5.91 Å². The van der Waals surface area contributed by atoms with E-state index in [-0.39, 0.29) is 5.91 Å². The second-order valence-electron chi connectivity index (χ2n) is 4.23. The fourth-order valence-corrected chi connectivity index (χ4v) is 1.94. The van der Waals surface area contributed by atoms with Crippen molar-refractivity contribution >= 4 is 27.5 Å². The Morgan fingerprint density at radius 1 is 1.47 bits per heavy atom. The van der Waals surface area contributed by atoms with E-state index in [1.54, 1.807) is 0 Å². The zero-order chi connectivity index (χ0) is 11.1. The Labute approximate surface area is 96.9 Å². The number of hydrogen-bond donors (Lipinski definition) is 1. The van der Waals surface area contributed by atoms with Crippen LogP contribution in [-0.2, 0) is 4.79 Å². The maximum absolute atomic E-state index is 11.5. The Kier molecular flexibility index (Phi) is 2.46. The molecule has 1 aliphatic heterocycles. The number of benzene rings is 1. The predicted octanol–water partition coefficient (Wildman–Crippen LogP) is 2.95. The van der Waals surface area contributed by atoms with Gasteiger partial charge in [0.05, 0.1) is 12.1 Å². The van der Waals surface area contributed by atoms with Crippen molar-refractivity contribution in [2.45, 2.75) is 25.9 Å². The van der Waals surface area contributed by atoms with Gasteiger partial charge in [0.25, 0.3) is 0 Å². The molecule has 0 aliphatic carbocycles. The zero-order valence-corrected chi connectivity index (χ0v) is 10.2. The molecule has 0 unspecified atom stereocenters. The van der Waals surface area contributed by atoms with E-state index in [9.17, 15) is 4.79 Å². The Bertz CT molecular complexity index is 415. The van der Waals surface area contributed by atoms with Crippen molar-refractivity contribution in [3.63, 3.8) is 0 Å². The number of nitrogens with one attached hydrogen (secondary N) is 1. The maximum Gasteiger partial charge on any atom is 0.228 e. The third kappa shape index (κ3) is 2.31. The van der Waals surface area contributed by atoms with Gasteiger partial charge in [0.1, 0.15) is 11.4 Å².